The molecule has 0 aliphatic heterocycles. The number of rotatable bonds is 13. The molecule has 0 aliphatic carbocycles. The number of esters is 1. The highest BCUT2D eigenvalue weighted by atomic mass is 19.4. The number of ether oxygens (including phenoxy) is 1. The monoisotopic (exact) mass is 687 g/mol. The predicted octanol–water partition coefficient (Wildman–Crippen LogP) is 5.78. The molecule has 14 heteroatoms. The summed E-state index contributed by atoms with van der Waals surface area (Å²) < 4.78 is 83.3. The number of benzene rings is 4. The van der Waals surface area contributed by atoms with Crippen molar-refractivity contribution in [1.29, 1.82) is 0 Å². The van der Waals surface area contributed by atoms with Crippen molar-refractivity contribution in [2.24, 2.45) is 0 Å². The van der Waals surface area contributed by atoms with Crippen molar-refractivity contribution in [3.8, 4) is 11.1 Å². The summed E-state index contributed by atoms with van der Waals surface area (Å²) in [6.07, 6.45) is -12.6. The first kappa shape index (κ1) is 36.6. The summed E-state index contributed by atoms with van der Waals surface area (Å²) >= 11 is 0. The summed E-state index contributed by atoms with van der Waals surface area (Å²) in [5.74, 6) is -2.91. The number of anilines is 1. The maximum absolute atomic E-state index is 13.3. The molecule has 8 nitrogen and oxygen atoms in total. The SMILES string of the molecule is O=C(Cc1ccc(NC(=O)c2ccccc2-c2ccccc2)cc1)OCC(C(=O)NCC(F)(F)F)(c1ccccc1)C(O)NCC(F)(F)F. The zero-order valence-electron chi connectivity index (χ0n) is 25.6. The molecule has 258 valence electrons. The number of hydrogen-bond acceptors (Lipinski definition) is 6. The molecule has 2 amide bonds. The molecule has 0 aromatic heterocycles. The second kappa shape index (κ2) is 15.8. The Hall–Kier alpha value is -5.21. The Morgan fingerprint density at radius 1 is 0.714 bits per heavy atom. The van der Waals surface area contributed by atoms with Crippen LogP contribution in [0, 0.1) is 0 Å². The van der Waals surface area contributed by atoms with E-state index in [4.69, 9.17) is 4.74 Å². The van der Waals surface area contributed by atoms with Crippen LogP contribution in [-0.4, -0.2) is 61.2 Å². The highest BCUT2D eigenvalue weighted by Crippen LogP contribution is 2.31. The first-order valence-corrected chi connectivity index (χ1v) is 14.8. The predicted molar refractivity (Wildman–Crippen MR) is 168 cm³/mol. The summed E-state index contributed by atoms with van der Waals surface area (Å²) in [5, 5.41) is 17.0. The average molecular weight is 688 g/mol. The molecule has 2 unspecified atom stereocenters. The van der Waals surface area contributed by atoms with Crippen molar-refractivity contribution in [2.75, 3.05) is 25.0 Å². The quantitative estimate of drug-likeness (QED) is 0.0805. The molecule has 4 N–H and O–H groups in total. The third kappa shape index (κ3) is 10.1. The molecule has 0 saturated carbocycles. The Bertz CT molecular complexity index is 1720. The molecule has 0 fully saturated rings. The first-order valence-electron chi connectivity index (χ1n) is 14.8. The van der Waals surface area contributed by atoms with Gasteiger partial charge in [-0.25, -0.2) is 0 Å². The van der Waals surface area contributed by atoms with Gasteiger partial charge in [-0.2, -0.15) is 26.3 Å². The summed E-state index contributed by atoms with van der Waals surface area (Å²) in [5.41, 5.74) is -0.0637. The number of halogens is 6. The van der Waals surface area contributed by atoms with E-state index >= 15 is 0 Å². The largest absolute Gasteiger partial charge is 0.464 e. The lowest BCUT2D eigenvalue weighted by Gasteiger charge is -2.37. The highest BCUT2D eigenvalue weighted by Gasteiger charge is 2.50. The van der Waals surface area contributed by atoms with Crippen molar-refractivity contribution >= 4 is 23.5 Å². The molecular formula is C35H31F6N3O5. The molecule has 4 aromatic rings. The standard InChI is InChI=1S/C35H31F6N3O5/c36-34(37,38)20-42-31(47)33(25-11-5-2-6-12-25,32(48)43-21-35(39,40)41)22-49-29(45)19-23-15-17-26(18-16-23)44-30(46)28-14-8-7-13-27(28)24-9-3-1-4-10-24/h1-18,31,42,47H,19-22H2,(H,43,48)(H,44,46). The van der Waals surface area contributed by atoms with E-state index in [0.29, 0.717) is 16.8 Å². The molecule has 0 radical (unpaired) electrons. The minimum absolute atomic E-state index is 0.210. The van der Waals surface area contributed by atoms with Gasteiger partial charge in [-0.15, -0.1) is 0 Å². The fourth-order valence-electron chi connectivity index (χ4n) is 4.97. The summed E-state index contributed by atoms with van der Waals surface area (Å²) in [6.45, 7) is -4.77. The van der Waals surface area contributed by atoms with E-state index in [9.17, 15) is 45.8 Å². The lowest BCUT2D eigenvalue weighted by molar-refractivity contribution is -0.159. The zero-order chi connectivity index (χ0) is 35.7. The summed E-state index contributed by atoms with van der Waals surface area (Å²) in [6, 6.07) is 29.0. The van der Waals surface area contributed by atoms with Crippen LogP contribution in [0.15, 0.2) is 109 Å². The Labute approximate surface area is 277 Å². The minimum Gasteiger partial charge on any atom is -0.464 e. The molecule has 49 heavy (non-hydrogen) atoms. The number of carbonyl (C=O) groups excluding carboxylic acids is 3. The highest BCUT2D eigenvalue weighted by molar-refractivity contribution is 6.08. The van der Waals surface area contributed by atoms with Crippen LogP contribution >= 0.6 is 0 Å². The number of aliphatic hydroxyl groups is 1. The topological polar surface area (TPSA) is 117 Å². The van der Waals surface area contributed by atoms with Crippen molar-refractivity contribution < 1.29 is 50.6 Å². The molecule has 0 bridgehead atoms. The molecule has 0 saturated heterocycles. The van der Waals surface area contributed by atoms with Crippen molar-refractivity contribution in [1.82, 2.24) is 10.6 Å². The van der Waals surface area contributed by atoms with Crippen molar-refractivity contribution in [2.45, 2.75) is 30.4 Å². The van der Waals surface area contributed by atoms with Crippen LogP contribution in [0.1, 0.15) is 21.5 Å². The van der Waals surface area contributed by atoms with Gasteiger partial charge in [0.05, 0.1) is 13.0 Å². The third-order valence-electron chi connectivity index (χ3n) is 7.38. The number of alkyl halides is 6. The number of nitrogens with one attached hydrogen (secondary N) is 3. The molecule has 0 spiro atoms. The lowest BCUT2D eigenvalue weighted by Crippen LogP contribution is -2.61. The average Bonchev–Trinajstić information content (AvgIpc) is 3.07. The lowest BCUT2D eigenvalue weighted by atomic mass is 9.78. The summed E-state index contributed by atoms with van der Waals surface area (Å²) in [7, 11) is 0. The second-order valence-electron chi connectivity index (χ2n) is 10.9. The van der Waals surface area contributed by atoms with Gasteiger partial charge in [0.25, 0.3) is 5.91 Å². The van der Waals surface area contributed by atoms with Crippen LogP contribution in [0.4, 0.5) is 32.0 Å². The molecule has 0 aliphatic rings. The molecule has 2 atom stereocenters. The second-order valence-corrected chi connectivity index (χ2v) is 10.9. The fourth-order valence-corrected chi connectivity index (χ4v) is 4.97. The van der Waals surface area contributed by atoms with Gasteiger partial charge in [0.15, 0.2) is 0 Å². The maximum Gasteiger partial charge on any atom is 0.405 e. The van der Waals surface area contributed by atoms with Gasteiger partial charge >= 0.3 is 18.3 Å². The van der Waals surface area contributed by atoms with E-state index in [2.05, 4.69) is 5.32 Å². The van der Waals surface area contributed by atoms with E-state index in [1.165, 1.54) is 54.6 Å². The zero-order valence-corrected chi connectivity index (χ0v) is 25.6. The van der Waals surface area contributed by atoms with Crippen LogP contribution in [0.3, 0.4) is 0 Å². The molecule has 4 aromatic carbocycles. The maximum atomic E-state index is 13.3. The number of aliphatic hydroxyl groups excluding tert-OH is 1. The van der Waals surface area contributed by atoms with Gasteiger partial charge in [0.1, 0.15) is 24.8 Å². The van der Waals surface area contributed by atoms with E-state index in [1.54, 1.807) is 22.8 Å². The van der Waals surface area contributed by atoms with E-state index < -0.39 is 62.0 Å². The van der Waals surface area contributed by atoms with E-state index in [-0.39, 0.29) is 11.5 Å². The van der Waals surface area contributed by atoms with Crippen molar-refractivity contribution in [3.05, 3.63) is 126 Å². The third-order valence-corrected chi connectivity index (χ3v) is 7.38. The Balaban J connectivity index is 1.49. The smallest absolute Gasteiger partial charge is 0.405 e. The number of amides is 2. The minimum atomic E-state index is -4.89. The Kier molecular flexibility index (Phi) is 11.8. The van der Waals surface area contributed by atoms with Crippen LogP contribution in [0.2, 0.25) is 0 Å². The fraction of sp³-hybridized carbons (Fsp3) is 0.229. The van der Waals surface area contributed by atoms with Crippen LogP contribution in [-0.2, 0) is 26.2 Å². The van der Waals surface area contributed by atoms with Crippen LogP contribution in [0.25, 0.3) is 11.1 Å². The van der Waals surface area contributed by atoms with Gasteiger partial charge in [0, 0.05) is 11.3 Å². The van der Waals surface area contributed by atoms with Crippen LogP contribution < -0.4 is 16.0 Å². The summed E-state index contributed by atoms with van der Waals surface area (Å²) in [4.78, 5) is 39.3. The number of carbonyl (C=O) groups is 3. The molecule has 0 heterocycles. The first-order chi connectivity index (χ1) is 23.2. The van der Waals surface area contributed by atoms with Crippen molar-refractivity contribution in [3.63, 3.8) is 0 Å². The van der Waals surface area contributed by atoms with E-state index in [1.807, 2.05) is 42.5 Å². The van der Waals surface area contributed by atoms with Crippen LogP contribution in [0.5, 0.6) is 0 Å². The van der Waals surface area contributed by atoms with Gasteiger partial charge in [-0.3, -0.25) is 19.7 Å². The number of hydrogen-bond donors (Lipinski definition) is 4. The normalized spacial score (nSPS) is 13.5. The van der Waals surface area contributed by atoms with E-state index in [0.717, 1.165) is 11.1 Å². The molecular weight excluding hydrogens is 656 g/mol. The molecule has 4 rings (SSSR count). The van der Waals surface area contributed by atoms with Gasteiger partial charge in [-0.05, 0) is 40.5 Å². The Morgan fingerprint density at radius 2 is 1.29 bits per heavy atom. The van der Waals surface area contributed by atoms with Gasteiger partial charge in [-0.1, -0.05) is 91.0 Å². The van der Waals surface area contributed by atoms with Gasteiger partial charge < -0.3 is 20.5 Å². The Morgan fingerprint density at radius 3 is 1.90 bits per heavy atom. The van der Waals surface area contributed by atoms with Gasteiger partial charge in [0.2, 0.25) is 5.91 Å².